The van der Waals surface area contributed by atoms with Gasteiger partial charge >= 0.3 is 0 Å². The average molecular weight is 346 g/mol. The van der Waals surface area contributed by atoms with Crippen LogP contribution in [0.15, 0.2) is 39.6 Å². The van der Waals surface area contributed by atoms with Crippen LogP contribution in [0.4, 0.5) is 0 Å². The molecule has 0 bridgehead atoms. The van der Waals surface area contributed by atoms with E-state index in [0.29, 0.717) is 42.6 Å². The largest absolute Gasteiger partial charge is 0.469 e. The lowest BCUT2D eigenvalue weighted by Gasteiger charge is -2.21. The molecule has 0 radical (unpaired) electrons. The third kappa shape index (κ3) is 5.81. The summed E-state index contributed by atoms with van der Waals surface area (Å²) in [5.41, 5.74) is 0.506. The standard InChI is InChI=1S/C19H26N2O4/c1-14(2)6-9-20-18(22)7-10-21(13-16-5-4-11-25-16)19(23)17-8-12-24-15(17)3/h4-5,8,11-12,14H,6-7,9-10,13H2,1-3H3,(H,20,22). The first kappa shape index (κ1) is 18.8. The third-order valence-corrected chi connectivity index (χ3v) is 3.96. The van der Waals surface area contributed by atoms with E-state index in [2.05, 4.69) is 19.2 Å². The van der Waals surface area contributed by atoms with E-state index in [9.17, 15) is 9.59 Å². The van der Waals surface area contributed by atoms with Crippen LogP contribution in [0.25, 0.3) is 0 Å². The van der Waals surface area contributed by atoms with E-state index in [0.717, 1.165) is 6.42 Å². The normalized spacial score (nSPS) is 10.9. The lowest BCUT2D eigenvalue weighted by molar-refractivity contribution is -0.121. The number of aryl methyl sites for hydroxylation is 1. The zero-order chi connectivity index (χ0) is 18.2. The fraction of sp³-hybridized carbons (Fsp3) is 0.474. The van der Waals surface area contributed by atoms with Gasteiger partial charge in [-0.05, 0) is 37.5 Å². The summed E-state index contributed by atoms with van der Waals surface area (Å²) in [4.78, 5) is 26.4. The second kappa shape index (κ2) is 9.11. The van der Waals surface area contributed by atoms with E-state index in [1.807, 2.05) is 6.07 Å². The van der Waals surface area contributed by atoms with Crippen molar-refractivity contribution in [3.63, 3.8) is 0 Å². The molecule has 25 heavy (non-hydrogen) atoms. The molecular formula is C19H26N2O4. The van der Waals surface area contributed by atoms with Crippen molar-refractivity contribution in [2.45, 2.75) is 40.2 Å². The van der Waals surface area contributed by atoms with Crippen LogP contribution < -0.4 is 5.32 Å². The second-order valence-corrected chi connectivity index (χ2v) is 6.48. The van der Waals surface area contributed by atoms with Gasteiger partial charge in [0.1, 0.15) is 11.5 Å². The summed E-state index contributed by atoms with van der Waals surface area (Å²) in [6, 6.07) is 5.24. The molecule has 136 valence electrons. The topological polar surface area (TPSA) is 75.7 Å². The molecule has 2 rings (SSSR count). The van der Waals surface area contributed by atoms with Crippen molar-refractivity contribution in [1.82, 2.24) is 10.2 Å². The summed E-state index contributed by atoms with van der Waals surface area (Å²) in [6.45, 7) is 7.26. The van der Waals surface area contributed by atoms with Gasteiger partial charge in [0.25, 0.3) is 5.91 Å². The van der Waals surface area contributed by atoms with Gasteiger partial charge in [0, 0.05) is 19.5 Å². The number of rotatable bonds is 9. The van der Waals surface area contributed by atoms with Crippen LogP contribution in [-0.2, 0) is 11.3 Å². The number of carbonyl (C=O) groups excluding carboxylic acids is 2. The fourth-order valence-electron chi connectivity index (χ4n) is 2.45. The zero-order valence-electron chi connectivity index (χ0n) is 15.1. The van der Waals surface area contributed by atoms with Gasteiger partial charge in [0.05, 0.1) is 24.6 Å². The highest BCUT2D eigenvalue weighted by atomic mass is 16.3. The van der Waals surface area contributed by atoms with E-state index >= 15 is 0 Å². The fourth-order valence-corrected chi connectivity index (χ4v) is 2.45. The van der Waals surface area contributed by atoms with Crippen molar-refractivity contribution in [3.8, 4) is 0 Å². The molecule has 0 aliphatic rings. The van der Waals surface area contributed by atoms with E-state index in [1.165, 1.54) is 6.26 Å². The Morgan fingerprint density at radius 2 is 2.00 bits per heavy atom. The monoisotopic (exact) mass is 346 g/mol. The Hall–Kier alpha value is -2.50. The van der Waals surface area contributed by atoms with Gasteiger partial charge in [-0.3, -0.25) is 9.59 Å². The van der Waals surface area contributed by atoms with Gasteiger partial charge in [-0.1, -0.05) is 13.8 Å². The molecule has 0 aliphatic carbocycles. The van der Waals surface area contributed by atoms with Crippen LogP contribution >= 0.6 is 0 Å². The second-order valence-electron chi connectivity index (χ2n) is 6.48. The average Bonchev–Trinajstić information content (AvgIpc) is 3.21. The van der Waals surface area contributed by atoms with Gasteiger partial charge in [-0.15, -0.1) is 0 Å². The van der Waals surface area contributed by atoms with E-state index in [-0.39, 0.29) is 18.2 Å². The molecule has 0 saturated heterocycles. The summed E-state index contributed by atoms with van der Waals surface area (Å²) in [7, 11) is 0. The van der Waals surface area contributed by atoms with Crippen molar-refractivity contribution in [3.05, 3.63) is 47.8 Å². The number of hydrogen-bond acceptors (Lipinski definition) is 4. The Bertz CT molecular complexity index is 673. The molecule has 2 amide bonds. The van der Waals surface area contributed by atoms with Crippen LogP contribution in [0.1, 0.15) is 48.6 Å². The molecule has 0 fully saturated rings. The van der Waals surface area contributed by atoms with Crippen molar-refractivity contribution < 1.29 is 18.4 Å². The highest BCUT2D eigenvalue weighted by molar-refractivity contribution is 5.95. The van der Waals surface area contributed by atoms with Crippen molar-refractivity contribution in [2.24, 2.45) is 5.92 Å². The summed E-state index contributed by atoms with van der Waals surface area (Å²) < 4.78 is 10.6. The molecule has 0 aliphatic heterocycles. The first-order valence-electron chi connectivity index (χ1n) is 8.59. The maximum atomic E-state index is 12.8. The number of nitrogens with one attached hydrogen (secondary N) is 1. The van der Waals surface area contributed by atoms with E-state index in [4.69, 9.17) is 8.83 Å². The Morgan fingerprint density at radius 3 is 2.60 bits per heavy atom. The predicted molar refractivity (Wildman–Crippen MR) is 94.0 cm³/mol. The minimum Gasteiger partial charge on any atom is -0.469 e. The minimum absolute atomic E-state index is 0.0539. The molecular weight excluding hydrogens is 320 g/mol. The highest BCUT2D eigenvalue weighted by Crippen LogP contribution is 2.15. The Balaban J connectivity index is 1.96. The molecule has 0 saturated carbocycles. The molecule has 6 heteroatoms. The van der Waals surface area contributed by atoms with Crippen molar-refractivity contribution >= 4 is 11.8 Å². The number of nitrogens with zero attached hydrogens (tertiary/aromatic N) is 1. The molecule has 1 N–H and O–H groups in total. The lowest BCUT2D eigenvalue weighted by atomic mass is 10.1. The van der Waals surface area contributed by atoms with E-state index < -0.39 is 0 Å². The van der Waals surface area contributed by atoms with Crippen LogP contribution in [0, 0.1) is 12.8 Å². The molecule has 0 spiro atoms. The molecule has 2 heterocycles. The summed E-state index contributed by atoms with van der Waals surface area (Å²) >= 11 is 0. The molecule has 0 aromatic carbocycles. The Labute approximate surface area is 148 Å². The molecule has 0 atom stereocenters. The first-order chi connectivity index (χ1) is 12.0. The number of amides is 2. The zero-order valence-corrected chi connectivity index (χ0v) is 15.1. The van der Waals surface area contributed by atoms with Crippen LogP contribution in [0.5, 0.6) is 0 Å². The molecule has 2 aromatic rings. The summed E-state index contributed by atoms with van der Waals surface area (Å²) in [5.74, 6) is 1.56. The Morgan fingerprint density at radius 1 is 1.20 bits per heavy atom. The number of hydrogen-bond donors (Lipinski definition) is 1. The summed E-state index contributed by atoms with van der Waals surface area (Å²) in [6.07, 6.45) is 4.25. The maximum absolute atomic E-state index is 12.8. The molecule has 2 aromatic heterocycles. The van der Waals surface area contributed by atoms with Crippen LogP contribution in [0.3, 0.4) is 0 Å². The van der Waals surface area contributed by atoms with Gasteiger partial charge < -0.3 is 19.1 Å². The number of furan rings is 2. The van der Waals surface area contributed by atoms with Gasteiger partial charge in [0.2, 0.25) is 5.91 Å². The molecule has 6 nitrogen and oxygen atoms in total. The minimum atomic E-state index is -0.169. The lowest BCUT2D eigenvalue weighted by Crippen LogP contribution is -2.35. The highest BCUT2D eigenvalue weighted by Gasteiger charge is 2.21. The van der Waals surface area contributed by atoms with Crippen molar-refractivity contribution in [1.29, 1.82) is 0 Å². The Kier molecular flexibility index (Phi) is 6.86. The van der Waals surface area contributed by atoms with Crippen molar-refractivity contribution in [2.75, 3.05) is 13.1 Å². The van der Waals surface area contributed by atoms with Gasteiger partial charge in [-0.2, -0.15) is 0 Å². The smallest absolute Gasteiger partial charge is 0.257 e. The van der Waals surface area contributed by atoms with Crippen LogP contribution in [-0.4, -0.2) is 29.8 Å². The number of carbonyl (C=O) groups is 2. The van der Waals surface area contributed by atoms with Gasteiger partial charge in [-0.25, -0.2) is 0 Å². The van der Waals surface area contributed by atoms with Crippen LogP contribution in [0.2, 0.25) is 0 Å². The predicted octanol–water partition coefficient (Wildman–Crippen LogP) is 3.38. The summed E-state index contributed by atoms with van der Waals surface area (Å²) in [5, 5.41) is 2.89. The SMILES string of the molecule is Cc1occc1C(=O)N(CCC(=O)NCCC(C)C)Cc1ccco1. The first-order valence-corrected chi connectivity index (χ1v) is 8.59. The van der Waals surface area contributed by atoms with E-state index in [1.54, 1.807) is 30.2 Å². The van der Waals surface area contributed by atoms with Gasteiger partial charge in [0.15, 0.2) is 0 Å². The maximum Gasteiger partial charge on any atom is 0.257 e. The quantitative estimate of drug-likeness (QED) is 0.755. The third-order valence-electron chi connectivity index (χ3n) is 3.96. The molecule has 0 unspecified atom stereocenters.